The Balaban J connectivity index is 1.30. The Kier molecular flexibility index (Phi) is 11.6. The highest BCUT2D eigenvalue weighted by atomic mass is 79.9. The third-order valence-corrected chi connectivity index (χ3v) is 11.4. The molecule has 7 atom stereocenters. The summed E-state index contributed by atoms with van der Waals surface area (Å²) in [7, 11) is 1.51. The largest absolute Gasteiger partial charge is 0.455 e. The molecule has 5 heterocycles. The van der Waals surface area contributed by atoms with Crippen molar-refractivity contribution in [2.24, 2.45) is 11.8 Å². The third kappa shape index (κ3) is 7.21. The molecule has 2 fully saturated rings. The molecule has 4 aliphatic rings. The van der Waals surface area contributed by atoms with Gasteiger partial charge >= 0.3 is 5.97 Å². The minimum absolute atomic E-state index is 0.0250. The first kappa shape index (κ1) is 37.9. The summed E-state index contributed by atoms with van der Waals surface area (Å²) in [5.74, 6) is -3.81. The fraction of sp³-hybridized carbons (Fsp3) is 0.487. The number of carbonyl (C=O) groups is 4. The lowest BCUT2D eigenvalue weighted by atomic mass is 9.74. The maximum Gasteiger partial charge on any atom is 0.313 e. The number of benzene rings is 2. The number of rotatable bonds is 11. The van der Waals surface area contributed by atoms with E-state index in [1.165, 1.54) is 7.11 Å². The number of nitrogens with zero attached hydrogens (tertiary/aromatic N) is 5. The summed E-state index contributed by atoms with van der Waals surface area (Å²) in [6, 6.07) is 14.7. The van der Waals surface area contributed by atoms with Crippen LogP contribution < -0.4 is 5.32 Å². The highest BCUT2D eigenvalue weighted by Crippen LogP contribution is 2.59. The maximum absolute atomic E-state index is 15.2. The quantitative estimate of drug-likeness (QED) is 0.167. The van der Waals surface area contributed by atoms with Gasteiger partial charge in [-0.25, -0.2) is 4.68 Å². The second-order valence-corrected chi connectivity index (χ2v) is 15.1. The molecule has 4 aliphatic heterocycles. The van der Waals surface area contributed by atoms with Crippen molar-refractivity contribution >= 4 is 50.7 Å². The van der Waals surface area contributed by atoms with E-state index in [9.17, 15) is 19.5 Å². The summed E-state index contributed by atoms with van der Waals surface area (Å²) in [4.78, 5) is 61.0. The first-order chi connectivity index (χ1) is 26.3. The summed E-state index contributed by atoms with van der Waals surface area (Å²) in [5, 5.41) is 21.0. The lowest BCUT2D eigenvalue weighted by Crippen LogP contribution is -2.56. The van der Waals surface area contributed by atoms with E-state index in [1.54, 1.807) is 20.6 Å². The first-order valence-electron chi connectivity index (χ1n) is 18.5. The number of aliphatic hydroxyl groups is 1. The van der Waals surface area contributed by atoms with Gasteiger partial charge in [-0.05, 0) is 43.0 Å². The van der Waals surface area contributed by atoms with Crippen molar-refractivity contribution in [3.63, 3.8) is 0 Å². The van der Waals surface area contributed by atoms with Gasteiger partial charge in [0.05, 0.1) is 24.1 Å². The summed E-state index contributed by atoms with van der Waals surface area (Å²) >= 11 is 3.63. The number of methoxy groups -OCH3 is 1. The molecule has 0 unspecified atom stereocenters. The van der Waals surface area contributed by atoms with Crippen LogP contribution in [0.2, 0.25) is 0 Å². The highest BCUT2D eigenvalue weighted by molar-refractivity contribution is 9.11. The number of halogens is 1. The molecule has 1 spiro atoms. The predicted molar refractivity (Wildman–Crippen MR) is 199 cm³/mol. The Morgan fingerprint density at radius 1 is 0.981 bits per heavy atom. The molecule has 0 saturated carbocycles. The van der Waals surface area contributed by atoms with Crippen molar-refractivity contribution in [2.75, 3.05) is 33.4 Å². The molecule has 5 bridgehead atoms. The van der Waals surface area contributed by atoms with Crippen LogP contribution in [-0.4, -0.2) is 111 Å². The van der Waals surface area contributed by atoms with E-state index in [0.717, 1.165) is 18.4 Å². The van der Waals surface area contributed by atoms with Crippen molar-refractivity contribution < 1.29 is 38.5 Å². The van der Waals surface area contributed by atoms with Crippen LogP contribution in [0.3, 0.4) is 0 Å². The van der Waals surface area contributed by atoms with Crippen LogP contribution in [0, 0.1) is 11.8 Å². The fourth-order valence-corrected chi connectivity index (χ4v) is 8.99. The lowest BCUT2D eigenvalue weighted by Gasteiger charge is -2.35. The number of cyclic esters (lactones) is 1. The molecule has 3 amide bonds. The fourth-order valence-electron chi connectivity index (χ4n) is 8.25. The number of hydrogen-bond donors (Lipinski definition) is 2. The molecule has 0 aliphatic carbocycles. The van der Waals surface area contributed by atoms with E-state index < -0.39 is 47.7 Å². The zero-order chi connectivity index (χ0) is 37.8. The molecule has 2 saturated heterocycles. The Morgan fingerprint density at radius 2 is 1.76 bits per heavy atom. The normalized spacial score (nSPS) is 29.4. The van der Waals surface area contributed by atoms with Crippen LogP contribution in [-0.2, 0) is 40.1 Å². The summed E-state index contributed by atoms with van der Waals surface area (Å²) in [5.41, 5.74) is 0.583. The molecule has 54 heavy (non-hydrogen) atoms. The van der Waals surface area contributed by atoms with E-state index in [-0.39, 0.29) is 57.1 Å². The summed E-state index contributed by atoms with van der Waals surface area (Å²) < 4.78 is 20.8. The van der Waals surface area contributed by atoms with Crippen molar-refractivity contribution in [2.45, 2.75) is 75.1 Å². The molecule has 3 aromatic rings. The van der Waals surface area contributed by atoms with E-state index in [2.05, 4.69) is 31.6 Å². The van der Waals surface area contributed by atoms with Gasteiger partial charge in [0.1, 0.15) is 42.0 Å². The van der Waals surface area contributed by atoms with Crippen LogP contribution in [0.15, 0.2) is 77.3 Å². The zero-order valence-corrected chi connectivity index (χ0v) is 31.7. The number of unbranched alkanes of at least 4 members (excludes halogenated alkanes) is 3. The number of amides is 3. The number of aromatic nitrogens is 3. The van der Waals surface area contributed by atoms with Gasteiger partial charge in [0, 0.05) is 37.7 Å². The number of para-hydroxylation sites is 1. The molecular formula is C39H45BrN6O8. The monoisotopic (exact) mass is 804 g/mol. The summed E-state index contributed by atoms with van der Waals surface area (Å²) in [6.07, 6.45) is 6.91. The number of nitrogens with one attached hydrogen (secondary N) is 1. The molecule has 15 heteroatoms. The van der Waals surface area contributed by atoms with E-state index in [4.69, 9.17) is 14.2 Å². The highest BCUT2D eigenvalue weighted by Gasteiger charge is 2.75. The van der Waals surface area contributed by atoms with Crippen LogP contribution >= 0.6 is 15.9 Å². The van der Waals surface area contributed by atoms with Gasteiger partial charge in [-0.3, -0.25) is 19.2 Å². The third-order valence-electron chi connectivity index (χ3n) is 10.7. The van der Waals surface area contributed by atoms with Crippen molar-refractivity contribution in [3.05, 3.63) is 82.9 Å². The average molecular weight is 806 g/mol. The van der Waals surface area contributed by atoms with Crippen molar-refractivity contribution in [3.8, 4) is 0 Å². The zero-order valence-electron chi connectivity index (χ0n) is 30.1. The molecule has 14 nitrogen and oxygen atoms in total. The van der Waals surface area contributed by atoms with Gasteiger partial charge in [0.2, 0.25) is 11.8 Å². The first-order valence-corrected chi connectivity index (χ1v) is 19.3. The molecule has 0 radical (unpaired) electrons. The van der Waals surface area contributed by atoms with E-state index in [1.807, 2.05) is 66.7 Å². The second-order valence-electron chi connectivity index (χ2n) is 14.2. The Morgan fingerprint density at radius 3 is 2.56 bits per heavy atom. The van der Waals surface area contributed by atoms with Gasteiger partial charge < -0.3 is 34.4 Å². The second kappa shape index (κ2) is 16.5. The van der Waals surface area contributed by atoms with E-state index in [0.29, 0.717) is 34.8 Å². The predicted octanol–water partition coefficient (Wildman–Crippen LogP) is 3.41. The number of aliphatic hydroxyl groups excluding tert-OH is 1. The minimum atomic E-state index is -1.46. The molecule has 286 valence electrons. The lowest BCUT2D eigenvalue weighted by molar-refractivity contribution is -0.162. The number of ether oxygens (including phenoxy) is 3. The smallest absolute Gasteiger partial charge is 0.313 e. The SMILES string of the molecule is COC[C@H]1NC(=O)CC/C=C\CN(Cn2nnc3ccccc32)C(=O)[C@@H]2N(CCCCCCO)C(=O)[C@H]3[C@H](C(=O)O[C@@H]1c1ccccc1)[C@H]1O[C@@]23C=C1Br. The average Bonchev–Trinajstić information content (AvgIpc) is 3.89. The molecule has 2 aromatic carbocycles. The number of esters is 1. The molecule has 1 aromatic heterocycles. The van der Waals surface area contributed by atoms with Crippen molar-refractivity contribution in [1.82, 2.24) is 30.1 Å². The van der Waals surface area contributed by atoms with Crippen LogP contribution in [0.1, 0.15) is 50.2 Å². The standard InChI is InChI=1S/C39H45BrN6O8/c1-52-23-28-33(25-14-6-4-7-15-25)53-38(51)31-32-36(49)45(20-12-2-3-13-21-47)35(39(32)22-26(40)34(31)54-39)37(50)44(19-11-5-8-18-30(48)41-28)24-46-29-17-10-9-16-27(29)42-43-46/h4-7,9-11,14-17,22,28,31-35,47H,2-3,8,12-13,18-21,23-24H2,1H3,(H,41,48)/b11-5-/t28-,31+,32-,33-,34+,35+,39-/m1/s1. The summed E-state index contributed by atoms with van der Waals surface area (Å²) in [6.45, 7) is 0.557. The topological polar surface area (TPSA) is 165 Å². The van der Waals surface area contributed by atoms with Gasteiger partial charge in [-0.1, -0.05) is 88.6 Å². The number of fused-ring (bicyclic) bond motifs is 3. The van der Waals surface area contributed by atoms with Crippen LogP contribution in [0.4, 0.5) is 0 Å². The maximum atomic E-state index is 15.2. The molecule has 2 N–H and O–H groups in total. The Labute approximate surface area is 321 Å². The number of hydrogen-bond acceptors (Lipinski definition) is 10. The Hall–Kier alpha value is -4.44. The van der Waals surface area contributed by atoms with Crippen molar-refractivity contribution in [1.29, 1.82) is 0 Å². The van der Waals surface area contributed by atoms with Crippen LogP contribution in [0.25, 0.3) is 11.0 Å². The molecule has 7 rings (SSSR count). The number of carbonyl (C=O) groups excluding carboxylic acids is 4. The van der Waals surface area contributed by atoms with Crippen LogP contribution in [0.5, 0.6) is 0 Å². The van der Waals surface area contributed by atoms with Gasteiger partial charge in [0.15, 0.2) is 0 Å². The Bertz CT molecular complexity index is 1920. The van der Waals surface area contributed by atoms with E-state index >= 15 is 4.79 Å². The van der Waals surface area contributed by atoms with Gasteiger partial charge in [0.25, 0.3) is 5.91 Å². The van der Waals surface area contributed by atoms with Gasteiger partial charge in [-0.15, -0.1) is 5.10 Å². The molecular weight excluding hydrogens is 760 g/mol. The minimum Gasteiger partial charge on any atom is -0.455 e. The number of likely N-dealkylation sites (tertiary alicyclic amines) is 1. The number of allylic oxidation sites excluding steroid dienone is 1. The van der Waals surface area contributed by atoms with Gasteiger partial charge in [-0.2, -0.15) is 0 Å².